The lowest BCUT2D eigenvalue weighted by atomic mass is 10.3. The van der Waals surface area contributed by atoms with E-state index in [1.165, 1.54) is 48.5 Å². The van der Waals surface area contributed by atoms with Crippen molar-refractivity contribution in [3.8, 4) is 5.75 Å². The molecular weight excluding hydrogens is 506 g/mol. The molecule has 0 bridgehead atoms. The molecule has 11 heteroatoms. The zero-order chi connectivity index (χ0) is 22.6. The molecule has 0 heterocycles. The fourth-order valence-electron chi connectivity index (χ4n) is 2.47. The Kier molecular flexibility index (Phi) is 7.56. The van der Waals surface area contributed by atoms with E-state index in [4.69, 9.17) is 51.1 Å². The van der Waals surface area contributed by atoms with Crippen molar-refractivity contribution in [2.75, 3.05) is 16.6 Å². The van der Waals surface area contributed by atoms with Crippen LogP contribution in [0, 0.1) is 0 Å². The van der Waals surface area contributed by atoms with Crippen molar-refractivity contribution in [3.05, 3.63) is 80.8 Å². The van der Waals surface area contributed by atoms with Gasteiger partial charge in [-0.3, -0.25) is 9.52 Å². The number of sulfonamides is 1. The summed E-state index contributed by atoms with van der Waals surface area (Å²) in [6.07, 6.45) is 0. The van der Waals surface area contributed by atoms with Gasteiger partial charge in [-0.2, -0.15) is 0 Å². The van der Waals surface area contributed by atoms with Gasteiger partial charge in [-0.1, -0.05) is 46.4 Å². The van der Waals surface area contributed by atoms with Gasteiger partial charge in [0.15, 0.2) is 6.61 Å². The molecule has 0 aliphatic carbocycles. The molecule has 0 spiro atoms. The molecular formula is C20H14Cl4N2O4S. The number of carbonyl (C=O) groups excluding carboxylic acids is 1. The van der Waals surface area contributed by atoms with Gasteiger partial charge in [0.25, 0.3) is 15.9 Å². The molecule has 162 valence electrons. The first kappa shape index (κ1) is 23.5. The number of carbonyl (C=O) groups is 1. The summed E-state index contributed by atoms with van der Waals surface area (Å²) in [6, 6.07) is 14.6. The van der Waals surface area contributed by atoms with E-state index in [0.29, 0.717) is 31.5 Å². The van der Waals surface area contributed by atoms with Crippen molar-refractivity contribution in [3.63, 3.8) is 0 Å². The van der Waals surface area contributed by atoms with E-state index in [-0.39, 0.29) is 17.2 Å². The maximum Gasteiger partial charge on any atom is 0.262 e. The summed E-state index contributed by atoms with van der Waals surface area (Å²) in [7, 11) is -3.87. The van der Waals surface area contributed by atoms with Crippen LogP contribution in [0.3, 0.4) is 0 Å². The molecule has 31 heavy (non-hydrogen) atoms. The largest absolute Gasteiger partial charge is 0.484 e. The van der Waals surface area contributed by atoms with Crippen molar-refractivity contribution < 1.29 is 17.9 Å². The number of amides is 1. The number of hydrogen-bond acceptors (Lipinski definition) is 4. The van der Waals surface area contributed by atoms with Gasteiger partial charge in [-0.15, -0.1) is 0 Å². The van der Waals surface area contributed by atoms with E-state index in [0.717, 1.165) is 0 Å². The van der Waals surface area contributed by atoms with Crippen molar-refractivity contribution in [1.82, 2.24) is 0 Å². The normalized spacial score (nSPS) is 11.1. The number of anilines is 2. The highest BCUT2D eigenvalue weighted by Gasteiger charge is 2.15. The topological polar surface area (TPSA) is 84.5 Å². The van der Waals surface area contributed by atoms with E-state index in [2.05, 4.69) is 10.0 Å². The SMILES string of the molecule is O=C(COc1ccc(S(=O)(=O)Nc2cc(Cl)cc(Cl)c2)cc1)Nc1ccc(Cl)cc1Cl. The van der Waals surface area contributed by atoms with Gasteiger partial charge in [0.1, 0.15) is 5.75 Å². The van der Waals surface area contributed by atoms with Crippen molar-refractivity contribution in [2.24, 2.45) is 0 Å². The second-order valence-electron chi connectivity index (χ2n) is 6.20. The molecule has 0 aliphatic rings. The highest BCUT2D eigenvalue weighted by molar-refractivity contribution is 7.92. The van der Waals surface area contributed by atoms with Gasteiger partial charge < -0.3 is 10.1 Å². The van der Waals surface area contributed by atoms with E-state index < -0.39 is 15.9 Å². The van der Waals surface area contributed by atoms with Crippen LogP contribution in [0.1, 0.15) is 0 Å². The Morgan fingerprint density at radius 1 is 0.839 bits per heavy atom. The summed E-state index contributed by atoms with van der Waals surface area (Å²) in [5.74, 6) is -0.137. The minimum atomic E-state index is -3.87. The molecule has 0 aliphatic heterocycles. The summed E-state index contributed by atoms with van der Waals surface area (Å²) >= 11 is 23.6. The average Bonchev–Trinajstić information content (AvgIpc) is 2.68. The third-order valence-corrected chi connectivity index (χ3v) is 6.21. The summed E-state index contributed by atoms with van der Waals surface area (Å²) < 4.78 is 32.9. The van der Waals surface area contributed by atoms with E-state index in [9.17, 15) is 13.2 Å². The van der Waals surface area contributed by atoms with Gasteiger partial charge in [0.05, 0.1) is 21.3 Å². The number of hydrogen-bond donors (Lipinski definition) is 2. The van der Waals surface area contributed by atoms with Crippen LogP contribution < -0.4 is 14.8 Å². The van der Waals surface area contributed by atoms with Gasteiger partial charge >= 0.3 is 0 Å². The highest BCUT2D eigenvalue weighted by atomic mass is 35.5. The van der Waals surface area contributed by atoms with Crippen molar-refractivity contribution in [2.45, 2.75) is 4.90 Å². The number of benzene rings is 3. The molecule has 3 aromatic carbocycles. The summed E-state index contributed by atoms with van der Waals surface area (Å²) in [4.78, 5) is 12.0. The zero-order valence-corrected chi connectivity index (χ0v) is 19.4. The molecule has 2 N–H and O–H groups in total. The highest BCUT2D eigenvalue weighted by Crippen LogP contribution is 2.26. The van der Waals surface area contributed by atoms with Gasteiger partial charge in [0, 0.05) is 15.1 Å². The number of rotatable bonds is 7. The molecule has 3 rings (SSSR count). The maximum atomic E-state index is 12.5. The van der Waals surface area contributed by atoms with E-state index in [1.807, 2.05) is 0 Å². The van der Waals surface area contributed by atoms with Crippen LogP contribution in [0.25, 0.3) is 0 Å². The van der Waals surface area contributed by atoms with Gasteiger partial charge in [0.2, 0.25) is 0 Å². The Morgan fingerprint density at radius 2 is 1.48 bits per heavy atom. The lowest BCUT2D eigenvalue weighted by Gasteiger charge is -2.11. The first-order chi connectivity index (χ1) is 14.6. The smallest absolute Gasteiger partial charge is 0.262 e. The molecule has 0 saturated heterocycles. The fraction of sp³-hybridized carbons (Fsp3) is 0.0500. The van der Waals surface area contributed by atoms with E-state index >= 15 is 0 Å². The minimum Gasteiger partial charge on any atom is -0.484 e. The van der Waals surface area contributed by atoms with Crippen LogP contribution >= 0.6 is 46.4 Å². The lowest BCUT2D eigenvalue weighted by molar-refractivity contribution is -0.118. The first-order valence-electron chi connectivity index (χ1n) is 8.59. The van der Waals surface area contributed by atoms with Crippen LogP contribution in [-0.4, -0.2) is 20.9 Å². The number of nitrogens with one attached hydrogen (secondary N) is 2. The molecule has 0 radical (unpaired) electrons. The Bertz CT molecular complexity index is 1200. The Labute approximate surface area is 199 Å². The van der Waals surface area contributed by atoms with Crippen LogP contribution in [0.4, 0.5) is 11.4 Å². The predicted molar refractivity (Wildman–Crippen MR) is 124 cm³/mol. The Balaban J connectivity index is 1.61. The Hall–Kier alpha value is -2.16. The monoisotopic (exact) mass is 518 g/mol. The Morgan fingerprint density at radius 3 is 2.10 bits per heavy atom. The lowest BCUT2D eigenvalue weighted by Crippen LogP contribution is -2.20. The second-order valence-corrected chi connectivity index (χ2v) is 9.59. The molecule has 0 fully saturated rings. The van der Waals surface area contributed by atoms with Crippen molar-refractivity contribution in [1.29, 1.82) is 0 Å². The maximum absolute atomic E-state index is 12.5. The molecule has 0 unspecified atom stereocenters. The minimum absolute atomic E-state index is 0.00616. The van der Waals surface area contributed by atoms with Crippen molar-refractivity contribution >= 4 is 73.7 Å². The molecule has 3 aromatic rings. The van der Waals surface area contributed by atoms with Gasteiger partial charge in [-0.25, -0.2) is 8.42 Å². The van der Waals surface area contributed by atoms with Crippen LogP contribution in [0.2, 0.25) is 20.1 Å². The quantitative estimate of drug-likeness (QED) is 0.394. The van der Waals surface area contributed by atoms with Crippen LogP contribution in [0.5, 0.6) is 5.75 Å². The summed E-state index contributed by atoms with van der Waals surface area (Å²) in [6.45, 7) is -0.301. The zero-order valence-electron chi connectivity index (χ0n) is 15.5. The second kappa shape index (κ2) is 9.97. The van der Waals surface area contributed by atoms with E-state index in [1.54, 1.807) is 12.1 Å². The van der Waals surface area contributed by atoms with Crippen LogP contribution in [-0.2, 0) is 14.8 Å². The molecule has 0 saturated carbocycles. The average molecular weight is 520 g/mol. The number of ether oxygens (including phenoxy) is 1. The first-order valence-corrected chi connectivity index (χ1v) is 11.6. The third kappa shape index (κ3) is 6.66. The van der Waals surface area contributed by atoms with Gasteiger partial charge in [-0.05, 0) is 60.7 Å². The number of halogens is 4. The molecule has 0 aromatic heterocycles. The fourth-order valence-corrected chi connectivity index (χ4v) is 4.49. The summed E-state index contributed by atoms with van der Waals surface area (Å²) in [5.41, 5.74) is 0.628. The standard InChI is InChI=1S/C20H14Cl4N2O4S/c21-12-1-6-19(18(24)10-12)25-20(27)11-30-16-2-4-17(5-3-16)31(28,29)26-15-8-13(22)7-14(23)9-15/h1-10,26H,11H2,(H,25,27). The molecule has 6 nitrogen and oxygen atoms in total. The predicted octanol–water partition coefficient (Wildman–Crippen LogP) is 6.12. The summed E-state index contributed by atoms with van der Waals surface area (Å²) in [5, 5.41) is 3.94. The molecule has 0 atom stereocenters. The van der Waals surface area contributed by atoms with Crippen LogP contribution in [0.15, 0.2) is 65.6 Å². The third-order valence-electron chi connectivity index (χ3n) is 3.82. The molecule has 1 amide bonds.